The van der Waals surface area contributed by atoms with Crippen LogP contribution in [0.25, 0.3) is 10.9 Å². The number of methoxy groups -OCH3 is 1. The highest BCUT2D eigenvalue weighted by atomic mass is 32.2. The molecule has 1 aromatic heterocycles. The fourth-order valence-electron chi connectivity index (χ4n) is 1.62. The molecule has 0 spiro atoms. The van der Waals surface area contributed by atoms with Crippen LogP contribution in [0.2, 0.25) is 0 Å². The second kappa shape index (κ2) is 6.29. The van der Waals surface area contributed by atoms with Gasteiger partial charge in [-0.1, -0.05) is 0 Å². The molecule has 0 fully saturated rings. The number of aromatic amines is 1. The number of hydrogen-bond donors (Lipinski definition) is 3. The molecule has 0 atom stereocenters. The number of carbonyl (C=O) groups excluding carboxylic acids is 1. The number of thioether (sulfide) groups is 1. The van der Waals surface area contributed by atoms with Gasteiger partial charge in [0.1, 0.15) is 5.75 Å². The van der Waals surface area contributed by atoms with Crippen LogP contribution in [0.1, 0.15) is 0 Å². The smallest absolute Gasteiger partial charge is 0.313 e. The molecule has 0 aliphatic heterocycles. The van der Waals surface area contributed by atoms with Crippen LogP contribution < -0.4 is 10.1 Å². The van der Waals surface area contributed by atoms with Crippen molar-refractivity contribution in [1.82, 2.24) is 10.2 Å². The largest absolute Gasteiger partial charge is 0.497 e. The molecule has 3 N–H and O–H groups in total. The molecule has 0 unspecified atom stereocenters. The molecule has 0 saturated carbocycles. The Balaban J connectivity index is 2.02. The zero-order chi connectivity index (χ0) is 14.5. The van der Waals surface area contributed by atoms with Crippen LogP contribution in [-0.4, -0.2) is 45.8 Å². The van der Waals surface area contributed by atoms with Gasteiger partial charge in [0.05, 0.1) is 24.1 Å². The average Bonchev–Trinajstić information content (AvgIpc) is 2.80. The second-order valence-corrected chi connectivity index (χ2v) is 4.90. The number of nitrogens with zero attached hydrogens (tertiary/aromatic N) is 1. The molecular formula is C12H13N3O4S. The number of fused-ring (bicyclic) bond motifs is 1. The number of anilines is 1. The van der Waals surface area contributed by atoms with Gasteiger partial charge < -0.3 is 15.2 Å². The number of rotatable bonds is 6. The molecule has 0 aliphatic carbocycles. The van der Waals surface area contributed by atoms with E-state index in [0.717, 1.165) is 22.7 Å². The Morgan fingerprint density at radius 2 is 2.25 bits per heavy atom. The van der Waals surface area contributed by atoms with Gasteiger partial charge in [-0.2, -0.15) is 5.10 Å². The van der Waals surface area contributed by atoms with Crippen LogP contribution >= 0.6 is 11.8 Å². The summed E-state index contributed by atoms with van der Waals surface area (Å²) in [6.07, 6.45) is 0. The third-order valence-electron chi connectivity index (χ3n) is 2.49. The van der Waals surface area contributed by atoms with Gasteiger partial charge in [-0.3, -0.25) is 14.7 Å². The second-order valence-electron chi connectivity index (χ2n) is 3.92. The highest BCUT2D eigenvalue weighted by Gasteiger charge is 2.10. The van der Waals surface area contributed by atoms with Gasteiger partial charge in [-0.25, -0.2) is 0 Å². The molecule has 1 heterocycles. The minimum absolute atomic E-state index is 0.0663. The van der Waals surface area contributed by atoms with Gasteiger partial charge in [-0.05, 0) is 12.1 Å². The van der Waals surface area contributed by atoms with E-state index in [1.54, 1.807) is 25.3 Å². The molecule has 1 amide bonds. The predicted octanol–water partition coefficient (Wildman–Crippen LogP) is 1.33. The maximum Gasteiger partial charge on any atom is 0.313 e. The monoisotopic (exact) mass is 295 g/mol. The highest BCUT2D eigenvalue weighted by molar-refractivity contribution is 8.00. The summed E-state index contributed by atoms with van der Waals surface area (Å²) in [5.74, 6) is -0.164. The Hall–Kier alpha value is -2.22. The van der Waals surface area contributed by atoms with Gasteiger partial charge in [0.2, 0.25) is 5.91 Å². The SMILES string of the molecule is COc1ccc2c(NC(=O)CSCC(=O)O)n[nH]c2c1. The number of carboxylic acid groups (broad SMARTS) is 1. The van der Waals surface area contributed by atoms with Gasteiger partial charge in [0.25, 0.3) is 0 Å². The highest BCUT2D eigenvalue weighted by Crippen LogP contribution is 2.24. The Morgan fingerprint density at radius 3 is 2.95 bits per heavy atom. The first-order chi connectivity index (χ1) is 9.60. The molecular weight excluding hydrogens is 282 g/mol. The lowest BCUT2D eigenvalue weighted by Crippen LogP contribution is -2.15. The first-order valence-electron chi connectivity index (χ1n) is 5.71. The third kappa shape index (κ3) is 3.41. The van der Waals surface area contributed by atoms with E-state index in [2.05, 4.69) is 15.5 Å². The minimum Gasteiger partial charge on any atom is -0.497 e. The number of carbonyl (C=O) groups is 2. The fourth-order valence-corrected chi connectivity index (χ4v) is 2.15. The standard InChI is InChI=1S/C12H13N3O4S/c1-19-7-2-3-8-9(4-7)14-15-12(8)13-10(16)5-20-6-11(17)18/h2-4H,5-6H2,1H3,(H,17,18)(H2,13,14,15,16). The molecule has 2 rings (SSSR count). The van der Waals surface area contributed by atoms with Crippen LogP contribution in [0.4, 0.5) is 5.82 Å². The summed E-state index contributed by atoms with van der Waals surface area (Å²) >= 11 is 1.03. The van der Waals surface area contributed by atoms with Gasteiger partial charge in [-0.15, -0.1) is 11.8 Å². The lowest BCUT2D eigenvalue weighted by Gasteiger charge is -2.02. The van der Waals surface area contributed by atoms with E-state index in [1.165, 1.54) is 0 Å². The number of carboxylic acids is 1. The lowest BCUT2D eigenvalue weighted by atomic mass is 10.2. The Kier molecular flexibility index (Phi) is 4.46. The summed E-state index contributed by atoms with van der Waals surface area (Å²) in [7, 11) is 1.57. The molecule has 0 radical (unpaired) electrons. The number of benzene rings is 1. The minimum atomic E-state index is -0.944. The van der Waals surface area contributed by atoms with Crippen LogP contribution in [0.5, 0.6) is 5.75 Å². The topological polar surface area (TPSA) is 104 Å². The summed E-state index contributed by atoms with van der Waals surface area (Å²) < 4.78 is 5.09. The van der Waals surface area contributed by atoms with Crippen molar-refractivity contribution in [3.8, 4) is 5.75 Å². The van der Waals surface area contributed by atoms with E-state index in [4.69, 9.17) is 9.84 Å². The third-order valence-corrected chi connectivity index (χ3v) is 3.40. The number of H-pyrrole nitrogens is 1. The Labute approximate surface area is 118 Å². The molecule has 1 aromatic carbocycles. The first-order valence-corrected chi connectivity index (χ1v) is 6.87. The predicted molar refractivity (Wildman–Crippen MR) is 76.2 cm³/mol. The Morgan fingerprint density at radius 1 is 1.45 bits per heavy atom. The van der Waals surface area contributed by atoms with Crippen molar-refractivity contribution in [2.24, 2.45) is 0 Å². The maximum absolute atomic E-state index is 11.7. The van der Waals surface area contributed by atoms with Crippen molar-refractivity contribution >= 4 is 40.4 Å². The number of amides is 1. The summed E-state index contributed by atoms with van der Waals surface area (Å²) in [6, 6.07) is 5.33. The van der Waals surface area contributed by atoms with E-state index in [-0.39, 0.29) is 17.4 Å². The fraction of sp³-hybridized carbons (Fsp3) is 0.250. The van der Waals surface area contributed by atoms with Crippen LogP contribution in [0.15, 0.2) is 18.2 Å². The van der Waals surface area contributed by atoms with Gasteiger partial charge in [0.15, 0.2) is 5.82 Å². The van der Waals surface area contributed by atoms with Crippen molar-refractivity contribution in [1.29, 1.82) is 0 Å². The zero-order valence-corrected chi connectivity index (χ0v) is 11.5. The van der Waals surface area contributed by atoms with E-state index >= 15 is 0 Å². The molecule has 7 nitrogen and oxygen atoms in total. The summed E-state index contributed by atoms with van der Waals surface area (Å²) in [5, 5.41) is 18.7. The van der Waals surface area contributed by atoms with Crippen molar-refractivity contribution in [2.75, 3.05) is 23.9 Å². The number of nitrogens with one attached hydrogen (secondary N) is 2. The van der Waals surface area contributed by atoms with Gasteiger partial charge >= 0.3 is 5.97 Å². The summed E-state index contributed by atoms with van der Waals surface area (Å²) in [5.41, 5.74) is 0.748. The summed E-state index contributed by atoms with van der Waals surface area (Å²) in [6.45, 7) is 0. The molecule has 2 aromatic rings. The molecule has 106 valence electrons. The van der Waals surface area contributed by atoms with Crippen molar-refractivity contribution in [3.05, 3.63) is 18.2 Å². The molecule has 0 bridgehead atoms. The van der Waals surface area contributed by atoms with E-state index in [1.807, 2.05) is 0 Å². The summed E-state index contributed by atoms with van der Waals surface area (Å²) in [4.78, 5) is 22.0. The molecule has 0 saturated heterocycles. The molecule has 0 aliphatic rings. The van der Waals surface area contributed by atoms with Crippen LogP contribution in [-0.2, 0) is 9.59 Å². The van der Waals surface area contributed by atoms with E-state index in [0.29, 0.717) is 11.6 Å². The van der Waals surface area contributed by atoms with Crippen molar-refractivity contribution < 1.29 is 19.4 Å². The van der Waals surface area contributed by atoms with Crippen LogP contribution in [0, 0.1) is 0 Å². The molecule has 20 heavy (non-hydrogen) atoms. The van der Waals surface area contributed by atoms with E-state index < -0.39 is 5.97 Å². The van der Waals surface area contributed by atoms with E-state index in [9.17, 15) is 9.59 Å². The average molecular weight is 295 g/mol. The number of aromatic nitrogens is 2. The van der Waals surface area contributed by atoms with Crippen molar-refractivity contribution in [2.45, 2.75) is 0 Å². The maximum atomic E-state index is 11.7. The number of ether oxygens (including phenoxy) is 1. The van der Waals surface area contributed by atoms with Crippen LogP contribution in [0.3, 0.4) is 0 Å². The van der Waals surface area contributed by atoms with Gasteiger partial charge in [0, 0.05) is 11.5 Å². The molecule has 8 heteroatoms. The normalized spacial score (nSPS) is 10.4. The number of aliphatic carboxylic acids is 1. The van der Waals surface area contributed by atoms with Crippen molar-refractivity contribution in [3.63, 3.8) is 0 Å². The zero-order valence-electron chi connectivity index (χ0n) is 10.7. The first kappa shape index (κ1) is 14.2. The Bertz CT molecular complexity index is 641. The number of hydrogen-bond acceptors (Lipinski definition) is 5. The quantitative estimate of drug-likeness (QED) is 0.742. The lowest BCUT2D eigenvalue weighted by molar-refractivity contribution is -0.133.